The van der Waals surface area contributed by atoms with E-state index in [4.69, 9.17) is 17.3 Å². The molecule has 0 atom stereocenters. The number of benzene rings is 1. The lowest BCUT2D eigenvalue weighted by Crippen LogP contribution is -2.31. The van der Waals surface area contributed by atoms with Gasteiger partial charge in [0.25, 0.3) is 0 Å². The van der Waals surface area contributed by atoms with Gasteiger partial charge in [-0.2, -0.15) is 0 Å². The number of nitrogens with one attached hydrogen (secondary N) is 1. The van der Waals surface area contributed by atoms with Gasteiger partial charge < -0.3 is 5.73 Å². The first-order valence-corrected chi connectivity index (χ1v) is 7.27. The Bertz CT molecular complexity index is 548. The Morgan fingerprint density at radius 2 is 2.06 bits per heavy atom. The van der Waals surface area contributed by atoms with Crippen LogP contribution in [0.4, 0.5) is 10.1 Å². The van der Waals surface area contributed by atoms with Gasteiger partial charge in [0.15, 0.2) is 5.82 Å². The second-order valence-electron chi connectivity index (χ2n) is 3.67. The highest BCUT2D eigenvalue weighted by Gasteiger charge is 2.24. The molecule has 17 heavy (non-hydrogen) atoms. The third-order valence-electron chi connectivity index (χ3n) is 1.84. The van der Waals surface area contributed by atoms with Gasteiger partial charge in [0, 0.05) is 6.04 Å². The lowest BCUT2D eigenvalue weighted by molar-refractivity contribution is 0.550. The van der Waals surface area contributed by atoms with Crippen LogP contribution in [0, 0.1) is 5.82 Å². The highest BCUT2D eigenvalue weighted by atomic mass is 79.9. The number of sulfonamides is 1. The van der Waals surface area contributed by atoms with Gasteiger partial charge in [0.1, 0.15) is 4.90 Å². The molecule has 0 amide bonds. The quantitative estimate of drug-likeness (QED) is 0.653. The van der Waals surface area contributed by atoms with E-state index < -0.39 is 20.7 Å². The van der Waals surface area contributed by atoms with Crippen molar-refractivity contribution >= 4 is 43.2 Å². The van der Waals surface area contributed by atoms with Gasteiger partial charge in [-0.05, 0) is 35.8 Å². The lowest BCUT2D eigenvalue weighted by Gasteiger charge is -2.12. The average molecular weight is 346 g/mol. The van der Waals surface area contributed by atoms with Crippen molar-refractivity contribution in [2.24, 2.45) is 0 Å². The van der Waals surface area contributed by atoms with Gasteiger partial charge >= 0.3 is 0 Å². The first-order valence-electron chi connectivity index (χ1n) is 4.62. The van der Waals surface area contributed by atoms with Crippen LogP contribution >= 0.6 is 27.5 Å². The van der Waals surface area contributed by atoms with Crippen molar-refractivity contribution in [2.75, 3.05) is 5.73 Å². The summed E-state index contributed by atoms with van der Waals surface area (Å²) in [4.78, 5) is -0.558. The largest absolute Gasteiger partial charge is 0.395 e. The van der Waals surface area contributed by atoms with Crippen LogP contribution in [0.3, 0.4) is 0 Å². The third kappa shape index (κ3) is 3.09. The zero-order chi connectivity index (χ0) is 13.4. The minimum Gasteiger partial charge on any atom is -0.395 e. The van der Waals surface area contributed by atoms with Gasteiger partial charge in [-0.15, -0.1) is 0 Å². The zero-order valence-corrected chi connectivity index (χ0v) is 12.2. The second-order valence-corrected chi connectivity index (χ2v) is 6.56. The van der Waals surface area contributed by atoms with Crippen LogP contribution in [-0.4, -0.2) is 14.5 Å². The first kappa shape index (κ1) is 14.7. The molecule has 0 saturated carbocycles. The lowest BCUT2D eigenvalue weighted by atomic mass is 10.3. The minimum atomic E-state index is -3.96. The number of nitrogens with two attached hydrogens (primary N) is 1. The van der Waals surface area contributed by atoms with Gasteiger partial charge in [-0.25, -0.2) is 17.5 Å². The molecule has 0 saturated heterocycles. The highest BCUT2D eigenvalue weighted by molar-refractivity contribution is 9.10. The molecule has 8 heteroatoms. The average Bonchev–Trinajstić information content (AvgIpc) is 2.18. The summed E-state index contributed by atoms with van der Waals surface area (Å²) in [7, 11) is -3.96. The molecule has 1 aromatic rings. The number of anilines is 1. The predicted molar refractivity (Wildman–Crippen MR) is 69.0 cm³/mol. The summed E-state index contributed by atoms with van der Waals surface area (Å²) in [5.41, 5.74) is 5.08. The van der Waals surface area contributed by atoms with Gasteiger partial charge in [0.05, 0.1) is 15.2 Å². The zero-order valence-electron chi connectivity index (χ0n) is 9.09. The Kier molecular flexibility index (Phi) is 4.40. The summed E-state index contributed by atoms with van der Waals surface area (Å²) >= 11 is 8.72. The molecule has 0 heterocycles. The van der Waals surface area contributed by atoms with E-state index >= 15 is 0 Å². The molecule has 0 fully saturated rings. The number of hydrogen-bond acceptors (Lipinski definition) is 3. The standard InChI is InChI=1S/C9H11BrClFN2O2S/c1-4(2)14-17(15,16)6-3-5(11)7(10)9(13)8(6)12/h3-4,14H,13H2,1-2H3. The third-order valence-corrected chi connectivity index (χ3v) is 4.88. The normalized spacial score (nSPS) is 12.1. The van der Waals surface area contributed by atoms with E-state index in [2.05, 4.69) is 20.7 Å². The van der Waals surface area contributed by atoms with Crippen LogP contribution in [-0.2, 0) is 10.0 Å². The molecule has 0 spiro atoms. The Morgan fingerprint density at radius 1 is 1.53 bits per heavy atom. The first-order chi connectivity index (χ1) is 7.66. The second kappa shape index (κ2) is 5.09. The maximum absolute atomic E-state index is 13.8. The summed E-state index contributed by atoms with van der Waals surface area (Å²) in [5.74, 6) is -1.02. The van der Waals surface area contributed by atoms with Gasteiger partial charge in [0.2, 0.25) is 10.0 Å². The van der Waals surface area contributed by atoms with Crippen LogP contribution < -0.4 is 10.5 Å². The van der Waals surface area contributed by atoms with Gasteiger partial charge in [-0.1, -0.05) is 11.6 Å². The van der Waals surface area contributed by atoms with Crippen molar-refractivity contribution in [3.8, 4) is 0 Å². The Hall–Kier alpha value is -0.370. The smallest absolute Gasteiger partial charge is 0.243 e. The highest BCUT2D eigenvalue weighted by Crippen LogP contribution is 2.34. The Morgan fingerprint density at radius 3 is 2.53 bits per heavy atom. The minimum absolute atomic E-state index is 0.0352. The van der Waals surface area contributed by atoms with Crippen molar-refractivity contribution in [3.63, 3.8) is 0 Å². The summed E-state index contributed by atoms with van der Waals surface area (Å²) in [6.07, 6.45) is 0. The van der Waals surface area contributed by atoms with E-state index in [1.54, 1.807) is 13.8 Å². The van der Waals surface area contributed by atoms with E-state index in [0.717, 1.165) is 6.07 Å². The SMILES string of the molecule is CC(C)NS(=O)(=O)c1cc(Cl)c(Br)c(N)c1F. The Balaban J connectivity index is 3.43. The molecule has 96 valence electrons. The molecule has 0 unspecified atom stereocenters. The fourth-order valence-electron chi connectivity index (χ4n) is 1.17. The summed E-state index contributed by atoms with van der Waals surface area (Å²) in [6, 6.07) is 0.658. The molecular formula is C9H11BrClFN2O2S. The number of rotatable bonds is 3. The van der Waals surface area contributed by atoms with E-state index in [1.165, 1.54) is 0 Å². The monoisotopic (exact) mass is 344 g/mol. The molecule has 3 N–H and O–H groups in total. The van der Waals surface area contributed by atoms with Crippen LogP contribution in [0.15, 0.2) is 15.4 Å². The molecule has 1 aromatic carbocycles. The van der Waals surface area contributed by atoms with Crippen LogP contribution in [0.25, 0.3) is 0 Å². The van der Waals surface area contributed by atoms with Crippen LogP contribution in [0.5, 0.6) is 0 Å². The maximum Gasteiger partial charge on any atom is 0.243 e. The fraction of sp³-hybridized carbons (Fsp3) is 0.333. The van der Waals surface area contributed by atoms with Crippen LogP contribution in [0.1, 0.15) is 13.8 Å². The van der Waals surface area contributed by atoms with E-state index in [0.29, 0.717) is 0 Å². The molecule has 4 nitrogen and oxygen atoms in total. The number of halogens is 3. The van der Waals surface area contributed by atoms with Crippen LogP contribution in [0.2, 0.25) is 5.02 Å². The summed E-state index contributed by atoms with van der Waals surface area (Å²) in [5, 5.41) is 0.0352. The molecule has 1 rings (SSSR count). The van der Waals surface area contributed by atoms with E-state index in [-0.39, 0.29) is 21.2 Å². The number of hydrogen-bond donors (Lipinski definition) is 2. The fourth-order valence-corrected chi connectivity index (χ4v) is 3.10. The summed E-state index contributed by atoms with van der Waals surface area (Å²) in [6.45, 7) is 3.25. The van der Waals surface area contributed by atoms with Crippen molar-refractivity contribution in [1.82, 2.24) is 4.72 Å². The predicted octanol–water partition coefficient (Wildman–Crippen LogP) is 2.51. The van der Waals surface area contributed by atoms with Crippen molar-refractivity contribution < 1.29 is 12.8 Å². The molecule has 0 radical (unpaired) electrons. The van der Waals surface area contributed by atoms with Crippen molar-refractivity contribution in [2.45, 2.75) is 24.8 Å². The summed E-state index contributed by atoms with van der Waals surface area (Å²) < 4.78 is 39.7. The molecule has 0 aliphatic rings. The topological polar surface area (TPSA) is 72.2 Å². The molecule has 0 aromatic heterocycles. The molecule has 0 bridgehead atoms. The van der Waals surface area contributed by atoms with Gasteiger partial charge in [-0.3, -0.25) is 0 Å². The van der Waals surface area contributed by atoms with Crippen molar-refractivity contribution in [1.29, 1.82) is 0 Å². The van der Waals surface area contributed by atoms with E-state index in [9.17, 15) is 12.8 Å². The maximum atomic E-state index is 13.8. The molecule has 0 aliphatic heterocycles. The molecular weight excluding hydrogens is 335 g/mol. The van der Waals surface area contributed by atoms with E-state index in [1.807, 2.05) is 0 Å². The Labute approximate surface area is 113 Å². The number of nitrogen functional groups attached to an aromatic ring is 1. The molecule has 0 aliphatic carbocycles. The van der Waals surface area contributed by atoms with Crippen molar-refractivity contribution in [3.05, 3.63) is 21.4 Å².